The van der Waals surface area contributed by atoms with E-state index in [1.54, 1.807) is 36.4 Å². The highest BCUT2D eigenvalue weighted by Crippen LogP contribution is 2.32. The molecule has 3 rings (SSSR count). The highest BCUT2D eigenvalue weighted by molar-refractivity contribution is 6.04. The molecule has 2 aromatic rings. The van der Waals surface area contributed by atoms with Crippen molar-refractivity contribution in [1.82, 2.24) is 0 Å². The van der Waals surface area contributed by atoms with Crippen LogP contribution in [0.15, 0.2) is 42.5 Å². The lowest BCUT2D eigenvalue weighted by molar-refractivity contribution is -0.131. The van der Waals surface area contributed by atoms with Crippen LogP contribution in [0.3, 0.4) is 0 Å². The molecule has 0 aromatic heterocycles. The van der Waals surface area contributed by atoms with Gasteiger partial charge in [0, 0.05) is 24.2 Å². The Bertz CT molecular complexity index is 756. The molecule has 0 spiro atoms. The van der Waals surface area contributed by atoms with E-state index in [2.05, 4.69) is 5.32 Å². The molecule has 1 N–H and O–H groups in total. The lowest BCUT2D eigenvalue weighted by Crippen LogP contribution is -2.16. The number of amides is 1. The molecule has 0 unspecified atom stereocenters. The third kappa shape index (κ3) is 3.60. The van der Waals surface area contributed by atoms with Crippen LogP contribution in [0.2, 0.25) is 0 Å². The lowest BCUT2D eigenvalue weighted by atomic mass is 10.2. The van der Waals surface area contributed by atoms with Crippen LogP contribution >= 0.6 is 0 Å². The van der Waals surface area contributed by atoms with Crippen LogP contribution in [0.5, 0.6) is 17.2 Å². The second-order valence-corrected chi connectivity index (χ2v) is 4.93. The first-order valence-corrected chi connectivity index (χ1v) is 7.11. The van der Waals surface area contributed by atoms with Gasteiger partial charge in [-0.05, 0) is 30.3 Å². The molecule has 118 valence electrons. The predicted octanol–water partition coefficient (Wildman–Crippen LogP) is 2.64. The van der Waals surface area contributed by atoms with E-state index < -0.39 is 5.97 Å². The number of hydrogen-bond acceptors (Lipinski definition) is 5. The quantitative estimate of drug-likeness (QED) is 0.696. The lowest BCUT2D eigenvalue weighted by Gasteiger charge is -2.19. The van der Waals surface area contributed by atoms with E-state index in [4.69, 9.17) is 14.2 Å². The molecule has 0 fully saturated rings. The van der Waals surface area contributed by atoms with Crippen molar-refractivity contribution in [2.24, 2.45) is 0 Å². The molecule has 1 aliphatic heterocycles. The van der Waals surface area contributed by atoms with E-state index >= 15 is 0 Å². The average Bonchev–Trinajstić information content (AvgIpc) is 2.54. The smallest absolute Gasteiger partial charge is 0.308 e. The standard InChI is InChI=1S/C17H15NO5/c1-11(19)23-14-4-2-3-12(9-14)17(20)18-13-5-6-15-16(10-13)22-8-7-21-15/h2-6,9-10H,7-8H2,1H3,(H,18,20). The van der Waals surface area contributed by atoms with Gasteiger partial charge in [0.1, 0.15) is 19.0 Å². The summed E-state index contributed by atoms with van der Waals surface area (Å²) < 4.78 is 15.9. The van der Waals surface area contributed by atoms with Gasteiger partial charge >= 0.3 is 5.97 Å². The molecule has 23 heavy (non-hydrogen) atoms. The Morgan fingerprint density at radius 3 is 2.61 bits per heavy atom. The monoisotopic (exact) mass is 313 g/mol. The number of esters is 1. The molecule has 1 amide bonds. The maximum absolute atomic E-state index is 12.3. The van der Waals surface area contributed by atoms with E-state index in [9.17, 15) is 9.59 Å². The number of hydrogen-bond donors (Lipinski definition) is 1. The Labute approximate surface area is 133 Å². The molecule has 1 heterocycles. The van der Waals surface area contributed by atoms with Gasteiger partial charge in [-0.1, -0.05) is 6.07 Å². The van der Waals surface area contributed by atoms with Crippen molar-refractivity contribution < 1.29 is 23.8 Å². The zero-order chi connectivity index (χ0) is 16.2. The van der Waals surface area contributed by atoms with E-state index in [0.717, 1.165) is 0 Å². The third-order valence-corrected chi connectivity index (χ3v) is 3.16. The Morgan fingerprint density at radius 1 is 1.04 bits per heavy atom. The largest absolute Gasteiger partial charge is 0.486 e. The second kappa shape index (κ2) is 6.39. The molecular weight excluding hydrogens is 298 g/mol. The van der Waals surface area contributed by atoms with Crippen molar-refractivity contribution in [3.05, 3.63) is 48.0 Å². The maximum Gasteiger partial charge on any atom is 0.308 e. The number of benzene rings is 2. The van der Waals surface area contributed by atoms with Gasteiger partial charge in [-0.2, -0.15) is 0 Å². The molecule has 1 aliphatic rings. The Balaban J connectivity index is 1.75. The summed E-state index contributed by atoms with van der Waals surface area (Å²) in [5.41, 5.74) is 0.982. The van der Waals surface area contributed by atoms with Crippen molar-refractivity contribution in [2.45, 2.75) is 6.92 Å². The number of carbonyl (C=O) groups is 2. The zero-order valence-corrected chi connectivity index (χ0v) is 12.5. The summed E-state index contributed by atoms with van der Waals surface area (Å²) in [6, 6.07) is 11.6. The highest BCUT2D eigenvalue weighted by Gasteiger charge is 2.14. The first-order chi connectivity index (χ1) is 11.1. The number of anilines is 1. The van der Waals surface area contributed by atoms with Crippen LogP contribution < -0.4 is 19.5 Å². The molecule has 0 atom stereocenters. The van der Waals surface area contributed by atoms with Crippen LogP contribution in [0.25, 0.3) is 0 Å². The molecule has 6 heteroatoms. The minimum Gasteiger partial charge on any atom is -0.486 e. The maximum atomic E-state index is 12.3. The first kappa shape index (κ1) is 14.9. The normalized spacial score (nSPS) is 12.4. The van der Waals surface area contributed by atoms with Gasteiger partial charge in [-0.3, -0.25) is 9.59 Å². The molecule has 6 nitrogen and oxygen atoms in total. The van der Waals surface area contributed by atoms with Crippen molar-refractivity contribution in [3.63, 3.8) is 0 Å². The second-order valence-electron chi connectivity index (χ2n) is 4.93. The number of rotatable bonds is 3. The molecule has 0 radical (unpaired) electrons. The van der Waals surface area contributed by atoms with Crippen LogP contribution in [0.1, 0.15) is 17.3 Å². The van der Waals surface area contributed by atoms with Crippen LogP contribution in [-0.4, -0.2) is 25.1 Å². The molecule has 0 bridgehead atoms. The van der Waals surface area contributed by atoms with Crippen LogP contribution in [-0.2, 0) is 4.79 Å². The summed E-state index contributed by atoms with van der Waals surface area (Å²) in [4.78, 5) is 23.3. The predicted molar refractivity (Wildman–Crippen MR) is 83.1 cm³/mol. The van der Waals surface area contributed by atoms with E-state index in [1.807, 2.05) is 0 Å². The van der Waals surface area contributed by atoms with Gasteiger partial charge in [0.05, 0.1) is 0 Å². The number of ether oxygens (including phenoxy) is 3. The summed E-state index contributed by atoms with van der Waals surface area (Å²) in [5, 5.41) is 2.77. The molecule has 2 aromatic carbocycles. The summed E-state index contributed by atoms with van der Waals surface area (Å²) in [6.45, 7) is 2.30. The van der Waals surface area contributed by atoms with Crippen LogP contribution in [0, 0.1) is 0 Å². The van der Waals surface area contributed by atoms with E-state index in [1.165, 1.54) is 13.0 Å². The Morgan fingerprint density at radius 2 is 1.83 bits per heavy atom. The minimum absolute atomic E-state index is 0.310. The average molecular weight is 313 g/mol. The van der Waals surface area contributed by atoms with Crippen molar-refractivity contribution in [2.75, 3.05) is 18.5 Å². The van der Waals surface area contributed by atoms with Gasteiger partial charge in [-0.15, -0.1) is 0 Å². The van der Waals surface area contributed by atoms with Crippen molar-refractivity contribution >= 4 is 17.6 Å². The Hall–Kier alpha value is -3.02. The minimum atomic E-state index is -0.436. The Kier molecular flexibility index (Phi) is 4.14. The number of nitrogens with one attached hydrogen (secondary N) is 1. The molecule has 0 saturated heterocycles. The third-order valence-electron chi connectivity index (χ3n) is 3.16. The fourth-order valence-electron chi connectivity index (χ4n) is 2.19. The summed E-state index contributed by atoms with van der Waals surface area (Å²) in [7, 11) is 0. The van der Waals surface area contributed by atoms with E-state index in [0.29, 0.717) is 41.7 Å². The summed E-state index contributed by atoms with van der Waals surface area (Å²) in [6.07, 6.45) is 0. The molecule has 0 saturated carbocycles. The highest BCUT2D eigenvalue weighted by atomic mass is 16.6. The van der Waals surface area contributed by atoms with Gasteiger partial charge in [0.2, 0.25) is 0 Å². The molecular formula is C17H15NO5. The topological polar surface area (TPSA) is 73.9 Å². The first-order valence-electron chi connectivity index (χ1n) is 7.11. The fourth-order valence-corrected chi connectivity index (χ4v) is 2.19. The summed E-state index contributed by atoms with van der Waals surface area (Å²) in [5.74, 6) is 0.839. The van der Waals surface area contributed by atoms with Crippen molar-refractivity contribution in [1.29, 1.82) is 0 Å². The number of fused-ring (bicyclic) bond motifs is 1. The fraction of sp³-hybridized carbons (Fsp3) is 0.176. The van der Waals surface area contributed by atoms with Gasteiger partial charge in [-0.25, -0.2) is 0 Å². The SMILES string of the molecule is CC(=O)Oc1cccc(C(=O)Nc2ccc3c(c2)OCCO3)c1. The number of carbonyl (C=O) groups excluding carboxylic acids is 2. The van der Waals surface area contributed by atoms with Crippen molar-refractivity contribution in [3.8, 4) is 17.2 Å². The molecule has 0 aliphatic carbocycles. The van der Waals surface area contributed by atoms with Gasteiger partial charge in [0.25, 0.3) is 5.91 Å². The zero-order valence-electron chi connectivity index (χ0n) is 12.5. The summed E-state index contributed by atoms with van der Waals surface area (Å²) >= 11 is 0. The van der Waals surface area contributed by atoms with Gasteiger partial charge < -0.3 is 19.5 Å². The van der Waals surface area contributed by atoms with Crippen LogP contribution in [0.4, 0.5) is 5.69 Å². The van der Waals surface area contributed by atoms with E-state index in [-0.39, 0.29) is 5.91 Å². The van der Waals surface area contributed by atoms with Gasteiger partial charge in [0.15, 0.2) is 11.5 Å².